The standard InChI is InChI=1S/C21H22N2O5/c1-3-15-13(2)16(20(25)26)9-10-17(15)28-18-12-23(19(18)24)21(27)22-11-14-7-5-4-6-8-14/h4-10,18H,3,11-12H2,1-2H3,(H,22,27)(H,25,26). The zero-order chi connectivity index (χ0) is 20.3. The first kappa shape index (κ1) is 19.4. The number of aromatic carboxylic acids is 1. The Bertz CT molecular complexity index is 911. The lowest BCUT2D eigenvalue weighted by molar-refractivity contribution is -0.148. The summed E-state index contributed by atoms with van der Waals surface area (Å²) in [5.41, 5.74) is 2.53. The quantitative estimate of drug-likeness (QED) is 0.749. The third kappa shape index (κ3) is 3.83. The lowest BCUT2D eigenvalue weighted by Crippen LogP contribution is -2.63. The highest BCUT2D eigenvalue weighted by Crippen LogP contribution is 2.29. The van der Waals surface area contributed by atoms with Crippen LogP contribution in [0.5, 0.6) is 5.75 Å². The third-order valence-corrected chi connectivity index (χ3v) is 4.83. The lowest BCUT2D eigenvalue weighted by atomic mass is 9.99. The molecule has 0 spiro atoms. The van der Waals surface area contributed by atoms with Crippen LogP contribution in [0.2, 0.25) is 0 Å². The number of ether oxygens (including phenoxy) is 1. The summed E-state index contributed by atoms with van der Waals surface area (Å²) in [5.74, 6) is -0.931. The highest BCUT2D eigenvalue weighted by molar-refractivity contribution is 6.01. The molecule has 0 aliphatic carbocycles. The van der Waals surface area contributed by atoms with Gasteiger partial charge in [0.15, 0.2) is 6.10 Å². The predicted octanol–water partition coefficient (Wildman–Crippen LogP) is 2.76. The number of urea groups is 1. The number of benzene rings is 2. The molecule has 1 aliphatic rings. The van der Waals surface area contributed by atoms with Gasteiger partial charge < -0.3 is 15.2 Å². The zero-order valence-electron chi connectivity index (χ0n) is 15.8. The Hall–Kier alpha value is -3.35. The van der Waals surface area contributed by atoms with E-state index in [9.17, 15) is 19.5 Å². The van der Waals surface area contributed by atoms with Gasteiger partial charge >= 0.3 is 12.0 Å². The molecule has 7 nitrogen and oxygen atoms in total. The first-order valence-corrected chi connectivity index (χ1v) is 9.08. The van der Waals surface area contributed by atoms with Crippen molar-refractivity contribution in [3.8, 4) is 5.75 Å². The molecule has 146 valence electrons. The van der Waals surface area contributed by atoms with Gasteiger partial charge in [-0.15, -0.1) is 0 Å². The van der Waals surface area contributed by atoms with Gasteiger partial charge in [0.25, 0.3) is 5.91 Å². The number of β-lactam (4-membered cyclic amide) rings is 1. The van der Waals surface area contributed by atoms with Gasteiger partial charge in [0.2, 0.25) is 0 Å². The van der Waals surface area contributed by atoms with Crippen molar-refractivity contribution in [1.82, 2.24) is 10.2 Å². The molecule has 1 fully saturated rings. The van der Waals surface area contributed by atoms with E-state index in [1.807, 2.05) is 37.3 Å². The Labute approximate surface area is 162 Å². The molecule has 7 heteroatoms. The van der Waals surface area contributed by atoms with E-state index < -0.39 is 24.0 Å². The summed E-state index contributed by atoms with van der Waals surface area (Å²) in [6.07, 6.45) is -0.173. The second-order valence-corrected chi connectivity index (χ2v) is 6.57. The highest BCUT2D eigenvalue weighted by atomic mass is 16.5. The molecule has 1 heterocycles. The highest BCUT2D eigenvalue weighted by Gasteiger charge is 2.43. The van der Waals surface area contributed by atoms with E-state index >= 15 is 0 Å². The first-order chi connectivity index (χ1) is 13.4. The molecule has 28 heavy (non-hydrogen) atoms. The Kier molecular flexibility index (Phi) is 5.63. The van der Waals surface area contributed by atoms with Crippen LogP contribution in [-0.2, 0) is 17.8 Å². The second kappa shape index (κ2) is 8.12. The SMILES string of the molecule is CCc1c(OC2CN(C(=O)NCc3ccccc3)C2=O)ccc(C(=O)O)c1C. The molecule has 2 aromatic rings. The number of carboxylic acids is 1. The van der Waals surface area contributed by atoms with Crippen LogP contribution >= 0.6 is 0 Å². The van der Waals surface area contributed by atoms with Crippen molar-refractivity contribution in [2.24, 2.45) is 0 Å². The van der Waals surface area contributed by atoms with Gasteiger partial charge in [-0.25, -0.2) is 9.59 Å². The number of likely N-dealkylation sites (tertiary alicyclic amines) is 1. The molecule has 0 aromatic heterocycles. The number of nitrogens with one attached hydrogen (secondary N) is 1. The molecule has 1 saturated heterocycles. The monoisotopic (exact) mass is 382 g/mol. The maximum absolute atomic E-state index is 12.3. The number of hydrogen-bond donors (Lipinski definition) is 2. The van der Waals surface area contributed by atoms with Gasteiger partial charge in [0.05, 0.1) is 12.1 Å². The fraction of sp³-hybridized carbons (Fsp3) is 0.286. The van der Waals surface area contributed by atoms with Crippen molar-refractivity contribution < 1.29 is 24.2 Å². The van der Waals surface area contributed by atoms with Crippen LogP contribution in [0.1, 0.15) is 34.0 Å². The maximum Gasteiger partial charge on any atom is 0.335 e. The molecular weight excluding hydrogens is 360 g/mol. The molecule has 0 bridgehead atoms. The molecule has 2 aromatic carbocycles. The number of imide groups is 1. The number of amides is 3. The molecule has 2 N–H and O–H groups in total. The summed E-state index contributed by atoms with van der Waals surface area (Å²) < 4.78 is 5.78. The first-order valence-electron chi connectivity index (χ1n) is 9.08. The molecular formula is C21H22N2O5. The van der Waals surface area contributed by atoms with Crippen molar-refractivity contribution >= 4 is 17.9 Å². The number of hydrogen-bond acceptors (Lipinski definition) is 4. The number of rotatable bonds is 6. The van der Waals surface area contributed by atoms with E-state index in [0.717, 1.165) is 16.0 Å². The summed E-state index contributed by atoms with van der Waals surface area (Å²) >= 11 is 0. The minimum atomic E-state index is -1.00. The molecule has 1 unspecified atom stereocenters. The van der Waals surface area contributed by atoms with E-state index in [4.69, 9.17) is 4.74 Å². The Morgan fingerprint density at radius 2 is 1.93 bits per heavy atom. The summed E-state index contributed by atoms with van der Waals surface area (Å²) in [6, 6.07) is 12.0. The van der Waals surface area contributed by atoms with Gasteiger partial charge in [-0.3, -0.25) is 9.69 Å². The average Bonchev–Trinajstić information content (AvgIpc) is 2.69. The molecule has 3 rings (SSSR count). The van der Waals surface area contributed by atoms with Crippen LogP contribution in [0.4, 0.5) is 4.79 Å². The third-order valence-electron chi connectivity index (χ3n) is 4.83. The molecule has 1 atom stereocenters. The zero-order valence-corrected chi connectivity index (χ0v) is 15.8. The van der Waals surface area contributed by atoms with Gasteiger partial charge in [-0.05, 0) is 42.2 Å². The van der Waals surface area contributed by atoms with Crippen LogP contribution in [-0.4, -0.2) is 40.6 Å². The summed E-state index contributed by atoms with van der Waals surface area (Å²) in [6.45, 7) is 4.11. The number of carboxylic acid groups (broad SMARTS) is 1. The molecule has 1 aliphatic heterocycles. The van der Waals surface area contributed by atoms with Crippen molar-refractivity contribution in [2.75, 3.05) is 6.54 Å². The summed E-state index contributed by atoms with van der Waals surface area (Å²) in [4.78, 5) is 36.9. The van der Waals surface area contributed by atoms with E-state index in [1.54, 1.807) is 13.0 Å². The van der Waals surface area contributed by atoms with Crippen LogP contribution in [0.25, 0.3) is 0 Å². The Morgan fingerprint density at radius 1 is 1.21 bits per heavy atom. The summed E-state index contributed by atoms with van der Waals surface area (Å²) in [5, 5.41) is 12.0. The Morgan fingerprint density at radius 3 is 2.54 bits per heavy atom. The van der Waals surface area contributed by atoms with Crippen molar-refractivity contribution in [3.05, 3.63) is 64.7 Å². The minimum absolute atomic E-state index is 0.155. The van der Waals surface area contributed by atoms with Gasteiger partial charge in [-0.2, -0.15) is 0 Å². The van der Waals surface area contributed by atoms with Crippen molar-refractivity contribution in [3.63, 3.8) is 0 Å². The van der Waals surface area contributed by atoms with E-state index in [-0.39, 0.29) is 12.1 Å². The van der Waals surface area contributed by atoms with E-state index in [1.165, 1.54) is 6.07 Å². The smallest absolute Gasteiger partial charge is 0.335 e. The number of carbonyl (C=O) groups excluding carboxylic acids is 2. The molecule has 0 radical (unpaired) electrons. The van der Waals surface area contributed by atoms with E-state index in [0.29, 0.717) is 24.3 Å². The number of carbonyl (C=O) groups is 3. The normalized spacial score (nSPS) is 15.7. The van der Waals surface area contributed by atoms with E-state index in [2.05, 4.69) is 5.32 Å². The Balaban J connectivity index is 1.61. The van der Waals surface area contributed by atoms with Gasteiger partial charge in [-0.1, -0.05) is 37.3 Å². The second-order valence-electron chi connectivity index (χ2n) is 6.57. The van der Waals surface area contributed by atoms with Gasteiger partial charge in [0.1, 0.15) is 5.75 Å². The summed E-state index contributed by atoms with van der Waals surface area (Å²) in [7, 11) is 0. The van der Waals surface area contributed by atoms with Gasteiger partial charge in [0, 0.05) is 6.54 Å². The number of nitrogens with zero attached hydrogens (tertiary/aromatic N) is 1. The van der Waals surface area contributed by atoms with Crippen molar-refractivity contribution in [1.29, 1.82) is 0 Å². The van der Waals surface area contributed by atoms with Crippen LogP contribution < -0.4 is 10.1 Å². The fourth-order valence-corrected chi connectivity index (χ4v) is 3.20. The average molecular weight is 382 g/mol. The fourth-order valence-electron chi connectivity index (χ4n) is 3.20. The maximum atomic E-state index is 12.3. The molecule has 3 amide bonds. The van der Waals surface area contributed by atoms with Crippen LogP contribution in [0.3, 0.4) is 0 Å². The predicted molar refractivity (Wildman–Crippen MR) is 102 cm³/mol. The minimum Gasteiger partial charge on any atom is -0.478 e. The van der Waals surface area contributed by atoms with Crippen molar-refractivity contribution in [2.45, 2.75) is 32.9 Å². The van der Waals surface area contributed by atoms with Crippen LogP contribution in [0, 0.1) is 6.92 Å². The van der Waals surface area contributed by atoms with Crippen LogP contribution in [0.15, 0.2) is 42.5 Å². The lowest BCUT2D eigenvalue weighted by Gasteiger charge is -2.36. The topological polar surface area (TPSA) is 95.9 Å². The molecule has 0 saturated carbocycles. The largest absolute Gasteiger partial charge is 0.478 e.